The van der Waals surface area contributed by atoms with Crippen molar-refractivity contribution in [2.75, 3.05) is 0 Å². The molecular weight excluding hydrogens is 198 g/mol. The second-order valence-electron chi connectivity index (χ2n) is 3.79. The minimum atomic E-state index is 0.904. The third-order valence-electron chi connectivity index (χ3n) is 2.68. The average Bonchev–Trinajstić information content (AvgIpc) is 2.73. The second-order valence-corrected chi connectivity index (χ2v) is 3.79. The monoisotopic (exact) mass is 209 g/mol. The highest BCUT2D eigenvalue weighted by molar-refractivity contribution is 5.78. The lowest BCUT2D eigenvalue weighted by Gasteiger charge is -2.00. The van der Waals surface area contributed by atoms with E-state index in [9.17, 15) is 0 Å². The van der Waals surface area contributed by atoms with Gasteiger partial charge in [0.2, 0.25) is 0 Å². The first-order chi connectivity index (χ1) is 7.84. The number of aromatic nitrogens is 3. The van der Waals surface area contributed by atoms with Crippen LogP contribution in [0.3, 0.4) is 0 Å². The Morgan fingerprint density at radius 2 is 2.00 bits per heavy atom. The number of hydrogen-bond donors (Lipinski definition) is 1. The SMILES string of the molecule is Cc1ccccc1-c1nc2ccncc2[nH]1. The van der Waals surface area contributed by atoms with Crippen molar-refractivity contribution in [3.8, 4) is 11.4 Å². The van der Waals surface area contributed by atoms with E-state index in [0.29, 0.717) is 0 Å². The summed E-state index contributed by atoms with van der Waals surface area (Å²) in [5.41, 5.74) is 4.28. The summed E-state index contributed by atoms with van der Waals surface area (Å²) < 4.78 is 0. The van der Waals surface area contributed by atoms with E-state index in [1.54, 1.807) is 12.4 Å². The first-order valence-corrected chi connectivity index (χ1v) is 5.20. The predicted molar refractivity (Wildman–Crippen MR) is 64.1 cm³/mol. The van der Waals surface area contributed by atoms with E-state index < -0.39 is 0 Å². The van der Waals surface area contributed by atoms with Gasteiger partial charge in [-0.2, -0.15) is 0 Å². The Hall–Kier alpha value is -2.16. The summed E-state index contributed by atoms with van der Waals surface area (Å²) in [6.45, 7) is 2.08. The Morgan fingerprint density at radius 3 is 2.81 bits per heavy atom. The van der Waals surface area contributed by atoms with Gasteiger partial charge in [-0.1, -0.05) is 24.3 Å². The molecule has 0 fully saturated rings. The number of hydrogen-bond acceptors (Lipinski definition) is 2. The quantitative estimate of drug-likeness (QED) is 0.669. The van der Waals surface area contributed by atoms with Gasteiger partial charge in [-0.3, -0.25) is 4.98 Å². The van der Waals surface area contributed by atoms with E-state index in [4.69, 9.17) is 0 Å². The minimum absolute atomic E-state index is 0.904. The number of benzene rings is 1. The van der Waals surface area contributed by atoms with Crippen LogP contribution in [0.15, 0.2) is 42.7 Å². The number of nitrogens with one attached hydrogen (secondary N) is 1. The Morgan fingerprint density at radius 1 is 1.12 bits per heavy atom. The Kier molecular flexibility index (Phi) is 1.96. The minimum Gasteiger partial charge on any atom is -0.337 e. The number of rotatable bonds is 1. The van der Waals surface area contributed by atoms with Crippen LogP contribution < -0.4 is 0 Å². The number of imidazole rings is 1. The molecule has 0 atom stereocenters. The van der Waals surface area contributed by atoms with Gasteiger partial charge in [0.25, 0.3) is 0 Å². The van der Waals surface area contributed by atoms with E-state index in [1.165, 1.54) is 5.56 Å². The molecule has 0 saturated heterocycles. The molecular formula is C13H11N3. The summed E-state index contributed by atoms with van der Waals surface area (Å²) in [6.07, 6.45) is 3.55. The summed E-state index contributed by atoms with van der Waals surface area (Å²) in [5.74, 6) is 0.904. The lowest BCUT2D eigenvalue weighted by atomic mass is 10.1. The van der Waals surface area contributed by atoms with Gasteiger partial charge in [-0.25, -0.2) is 4.98 Å². The van der Waals surface area contributed by atoms with Crippen molar-refractivity contribution in [1.29, 1.82) is 0 Å². The molecule has 0 spiro atoms. The third kappa shape index (κ3) is 1.37. The molecule has 0 unspecified atom stereocenters. The lowest BCUT2D eigenvalue weighted by molar-refractivity contribution is 1.30. The van der Waals surface area contributed by atoms with Gasteiger partial charge in [-0.05, 0) is 18.6 Å². The third-order valence-corrected chi connectivity index (χ3v) is 2.68. The number of aromatic amines is 1. The molecule has 0 aliphatic heterocycles. The first-order valence-electron chi connectivity index (χ1n) is 5.20. The fraction of sp³-hybridized carbons (Fsp3) is 0.0769. The zero-order chi connectivity index (χ0) is 11.0. The van der Waals surface area contributed by atoms with E-state index in [2.05, 4.69) is 34.0 Å². The van der Waals surface area contributed by atoms with Crippen molar-refractivity contribution in [3.63, 3.8) is 0 Å². The van der Waals surface area contributed by atoms with Crippen LogP contribution >= 0.6 is 0 Å². The van der Waals surface area contributed by atoms with Crippen LogP contribution in [-0.2, 0) is 0 Å². The molecule has 0 amide bonds. The van der Waals surface area contributed by atoms with E-state index in [0.717, 1.165) is 22.4 Å². The summed E-state index contributed by atoms with van der Waals surface area (Å²) in [5, 5.41) is 0. The molecule has 1 N–H and O–H groups in total. The zero-order valence-corrected chi connectivity index (χ0v) is 8.94. The van der Waals surface area contributed by atoms with Crippen LogP contribution in [0.1, 0.15) is 5.56 Å². The summed E-state index contributed by atoms with van der Waals surface area (Å²) in [4.78, 5) is 11.9. The molecule has 3 heteroatoms. The Bertz CT molecular complexity index is 607. The van der Waals surface area contributed by atoms with Gasteiger partial charge >= 0.3 is 0 Å². The maximum Gasteiger partial charge on any atom is 0.138 e. The highest BCUT2D eigenvalue weighted by Gasteiger charge is 2.06. The van der Waals surface area contributed by atoms with E-state index >= 15 is 0 Å². The van der Waals surface area contributed by atoms with Crippen molar-refractivity contribution in [1.82, 2.24) is 15.0 Å². The summed E-state index contributed by atoms with van der Waals surface area (Å²) in [6, 6.07) is 10.1. The molecule has 0 bridgehead atoms. The molecule has 3 aromatic rings. The normalized spacial score (nSPS) is 10.8. The Labute approximate surface area is 93.2 Å². The fourth-order valence-electron chi connectivity index (χ4n) is 1.82. The highest BCUT2D eigenvalue weighted by Crippen LogP contribution is 2.22. The zero-order valence-electron chi connectivity index (χ0n) is 8.94. The number of pyridine rings is 1. The van der Waals surface area contributed by atoms with Crippen molar-refractivity contribution < 1.29 is 0 Å². The molecule has 0 radical (unpaired) electrons. The maximum atomic E-state index is 4.55. The van der Waals surface area contributed by atoms with Crippen LogP contribution in [0.5, 0.6) is 0 Å². The van der Waals surface area contributed by atoms with E-state index in [1.807, 2.05) is 18.2 Å². The van der Waals surface area contributed by atoms with Crippen molar-refractivity contribution in [2.24, 2.45) is 0 Å². The van der Waals surface area contributed by atoms with Crippen LogP contribution in [0.2, 0.25) is 0 Å². The molecule has 16 heavy (non-hydrogen) atoms. The molecule has 78 valence electrons. The largest absolute Gasteiger partial charge is 0.337 e. The van der Waals surface area contributed by atoms with Crippen LogP contribution in [0.25, 0.3) is 22.4 Å². The second kappa shape index (κ2) is 3.45. The summed E-state index contributed by atoms with van der Waals surface area (Å²) in [7, 11) is 0. The first kappa shape index (κ1) is 9.09. The van der Waals surface area contributed by atoms with Gasteiger partial charge in [0, 0.05) is 11.8 Å². The molecule has 1 aromatic carbocycles. The standard InChI is InChI=1S/C13H11N3/c1-9-4-2-3-5-10(9)13-15-11-6-7-14-8-12(11)16-13/h2-8H,1H3,(H,15,16). The van der Waals surface area contributed by atoms with Gasteiger partial charge in [0.05, 0.1) is 17.2 Å². The molecule has 0 saturated carbocycles. The number of aryl methyl sites for hydroxylation is 1. The summed E-state index contributed by atoms with van der Waals surface area (Å²) >= 11 is 0. The van der Waals surface area contributed by atoms with Gasteiger partial charge in [0.15, 0.2) is 0 Å². The van der Waals surface area contributed by atoms with Gasteiger partial charge < -0.3 is 4.98 Å². The molecule has 3 nitrogen and oxygen atoms in total. The molecule has 2 heterocycles. The van der Waals surface area contributed by atoms with Crippen molar-refractivity contribution in [2.45, 2.75) is 6.92 Å². The molecule has 3 rings (SSSR count). The topological polar surface area (TPSA) is 41.6 Å². The number of nitrogens with zero attached hydrogens (tertiary/aromatic N) is 2. The smallest absolute Gasteiger partial charge is 0.138 e. The van der Waals surface area contributed by atoms with Gasteiger partial charge in [0.1, 0.15) is 5.82 Å². The van der Waals surface area contributed by atoms with Crippen LogP contribution in [0, 0.1) is 6.92 Å². The molecule has 0 aliphatic carbocycles. The predicted octanol–water partition coefficient (Wildman–Crippen LogP) is 2.93. The van der Waals surface area contributed by atoms with E-state index in [-0.39, 0.29) is 0 Å². The number of fused-ring (bicyclic) bond motifs is 1. The maximum absolute atomic E-state index is 4.55. The van der Waals surface area contributed by atoms with Crippen molar-refractivity contribution >= 4 is 11.0 Å². The van der Waals surface area contributed by atoms with Crippen molar-refractivity contribution in [3.05, 3.63) is 48.3 Å². The highest BCUT2D eigenvalue weighted by atomic mass is 14.9. The fourth-order valence-corrected chi connectivity index (χ4v) is 1.82. The van der Waals surface area contributed by atoms with Gasteiger partial charge in [-0.15, -0.1) is 0 Å². The average molecular weight is 209 g/mol. The lowest BCUT2D eigenvalue weighted by Crippen LogP contribution is -1.83. The number of H-pyrrole nitrogens is 1. The molecule has 0 aliphatic rings. The Balaban J connectivity index is 2.23. The van der Waals surface area contributed by atoms with Crippen LogP contribution in [0.4, 0.5) is 0 Å². The van der Waals surface area contributed by atoms with Crippen LogP contribution in [-0.4, -0.2) is 15.0 Å². The molecule has 2 aromatic heterocycles.